The predicted octanol–water partition coefficient (Wildman–Crippen LogP) is 2.07. The number of carbonyl (C=O) groups is 2. The molecule has 0 bridgehead atoms. The van der Waals surface area contributed by atoms with Crippen LogP contribution in [0.2, 0.25) is 0 Å². The lowest BCUT2D eigenvalue weighted by Crippen LogP contribution is -2.44. The Kier molecular flexibility index (Phi) is 6.51. The Morgan fingerprint density at radius 2 is 2.15 bits per heavy atom. The van der Waals surface area contributed by atoms with Crippen molar-refractivity contribution < 1.29 is 14.7 Å². The molecular formula is C14H20N2O3S. The lowest BCUT2D eigenvalue weighted by Gasteiger charge is -2.25. The van der Waals surface area contributed by atoms with E-state index in [-0.39, 0.29) is 12.3 Å². The molecule has 5 nitrogen and oxygen atoms in total. The molecule has 1 rings (SSSR count). The van der Waals surface area contributed by atoms with E-state index in [1.807, 2.05) is 32.0 Å². The van der Waals surface area contributed by atoms with Crippen LogP contribution in [0.5, 0.6) is 0 Å². The molecule has 0 atom stereocenters. The molecule has 0 aromatic carbocycles. The van der Waals surface area contributed by atoms with Crippen molar-refractivity contribution in [2.24, 2.45) is 0 Å². The summed E-state index contributed by atoms with van der Waals surface area (Å²) in [6, 6.07) is 5.69. The molecule has 0 spiro atoms. The number of aliphatic carboxylic acids is 1. The first-order valence-corrected chi connectivity index (χ1v) is 7.55. The van der Waals surface area contributed by atoms with E-state index in [4.69, 9.17) is 5.11 Å². The Balaban J connectivity index is 2.27. The molecule has 110 valence electrons. The molecule has 0 radical (unpaired) electrons. The summed E-state index contributed by atoms with van der Waals surface area (Å²) in [6.07, 6.45) is 2.19. The van der Waals surface area contributed by atoms with Crippen LogP contribution < -0.4 is 5.32 Å². The van der Waals surface area contributed by atoms with E-state index in [2.05, 4.69) is 10.3 Å². The Morgan fingerprint density at radius 3 is 2.75 bits per heavy atom. The summed E-state index contributed by atoms with van der Waals surface area (Å²) in [5, 5.41) is 11.5. The smallest absolute Gasteiger partial charge is 0.303 e. The number of carboxylic acids is 1. The van der Waals surface area contributed by atoms with Crippen molar-refractivity contribution >= 4 is 23.6 Å². The molecule has 0 saturated heterocycles. The van der Waals surface area contributed by atoms with Crippen LogP contribution in [0.15, 0.2) is 24.4 Å². The van der Waals surface area contributed by atoms with Gasteiger partial charge in [0.2, 0.25) is 5.91 Å². The van der Waals surface area contributed by atoms with Crippen LogP contribution in [0.3, 0.4) is 0 Å². The molecule has 0 unspecified atom stereocenters. The number of carboxylic acid groups (broad SMARTS) is 1. The molecule has 1 heterocycles. The van der Waals surface area contributed by atoms with Gasteiger partial charge >= 0.3 is 5.97 Å². The number of hydrogen-bond acceptors (Lipinski definition) is 4. The van der Waals surface area contributed by atoms with Gasteiger partial charge in [0.15, 0.2) is 0 Å². The molecular weight excluding hydrogens is 276 g/mol. The van der Waals surface area contributed by atoms with E-state index >= 15 is 0 Å². The number of pyridine rings is 1. The minimum atomic E-state index is -0.850. The largest absolute Gasteiger partial charge is 0.481 e. The van der Waals surface area contributed by atoms with Gasteiger partial charge in [-0.2, -0.15) is 0 Å². The summed E-state index contributed by atoms with van der Waals surface area (Å²) in [5.74, 6) is 0.0924. The Hall–Kier alpha value is -1.56. The number of amides is 1. The molecule has 0 aliphatic carbocycles. The minimum absolute atomic E-state index is 0.0500. The summed E-state index contributed by atoms with van der Waals surface area (Å²) in [7, 11) is 0. The zero-order valence-corrected chi connectivity index (χ0v) is 12.6. The summed E-state index contributed by atoms with van der Waals surface area (Å²) >= 11 is 1.49. The molecule has 0 fully saturated rings. The molecule has 1 amide bonds. The number of carbonyl (C=O) groups excluding carboxylic acids is 1. The van der Waals surface area contributed by atoms with Gasteiger partial charge in [-0.3, -0.25) is 14.6 Å². The second-order valence-corrected chi connectivity index (χ2v) is 6.13. The standard InChI is InChI=1S/C14H20N2O3S/c1-14(2,7-6-13(18)19)16-12(17)10-20-9-11-5-3-4-8-15-11/h3-5,8H,6-7,9-10H2,1-2H3,(H,16,17)(H,18,19). The third-order valence-electron chi connectivity index (χ3n) is 2.65. The maximum Gasteiger partial charge on any atom is 0.303 e. The van der Waals surface area contributed by atoms with Crippen LogP contribution >= 0.6 is 11.8 Å². The minimum Gasteiger partial charge on any atom is -0.481 e. The topological polar surface area (TPSA) is 79.3 Å². The van der Waals surface area contributed by atoms with Crippen LogP contribution in [-0.4, -0.2) is 33.3 Å². The SMILES string of the molecule is CC(C)(CCC(=O)O)NC(=O)CSCc1ccccn1. The second-order valence-electron chi connectivity index (χ2n) is 5.14. The number of thioether (sulfide) groups is 1. The lowest BCUT2D eigenvalue weighted by molar-refractivity contribution is -0.137. The van der Waals surface area contributed by atoms with Gasteiger partial charge in [-0.15, -0.1) is 11.8 Å². The Morgan fingerprint density at radius 1 is 1.40 bits per heavy atom. The van der Waals surface area contributed by atoms with Crippen LogP contribution in [0.25, 0.3) is 0 Å². The highest BCUT2D eigenvalue weighted by Crippen LogP contribution is 2.13. The fourth-order valence-corrected chi connectivity index (χ4v) is 2.37. The van der Waals surface area contributed by atoms with E-state index in [1.54, 1.807) is 6.20 Å². The van der Waals surface area contributed by atoms with E-state index in [0.717, 1.165) is 5.69 Å². The van der Waals surface area contributed by atoms with Crippen molar-refractivity contribution in [3.63, 3.8) is 0 Å². The second kappa shape index (κ2) is 7.89. The van der Waals surface area contributed by atoms with E-state index in [9.17, 15) is 9.59 Å². The molecule has 0 saturated carbocycles. The van der Waals surface area contributed by atoms with Gasteiger partial charge < -0.3 is 10.4 Å². The van der Waals surface area contributed by atoms with Gasteiger partial charge in [0.05, 0.1) is 11.4 Å². The highest BCUT2D eigenvalue weighted by molar-refractivity contribution is 7.99. The molecule has 1 aromatic rings. The van der Waals surface area contributed by atoms with Crippen molar-refractivity contribution in [1.82, 2.24) is 10.3 Å². The third kappa shape index (κ3) is 7.13. The van der Waals surface area contributed by atoms with E-state index in [0.29, 0.717) is 17.9 Å². The van der Waals surface area contributed by atoms with Crippen molar-refractivity contribution in [2.45, 2.75) is 38.0 Å². The predicted molar refractivity (Wildman–Crippen MR) is 79.5 cm³/mol. The summed E-state index contributed by atoms with van der Waals surface area (Å²) in [4.78, 5) is 26.5. The van der Waals surface area contributed by atoms with Crippen molar-refractivity contribution in [3.8, 4) is 0 Å². The molecule has 1 aromatic heterocycles. The first-order valence-electron chi connectivity index (χ1n) is 6.39. The van der Waals surface area contributed by atoms with Gasteiger partial charge in [0.25, 0.3) is 0 Å². The summed E-state index contributed by atoms with van der Waals surface area (Å²) in [5.41, 5.74) is 0.441. The number of aromatic nitrogens is 1. The van der Waals surface area contributed by atoms with Crippen molar-refractivity contribution in [2.75, 3.05) is 5.75 Å². The zero-order chi connectivity index (χ0) is 15.0. The normalized spacial score (nSPS) is 11.1. The van der Waals surface area contributed by atoms with Gasteiger partial charge in [-0.1, -0.05) is 6.07 Å². The number of nitrogens with zero attached hydrogens (tertiary/aromatic N) is 1. The highest BCUT2D eigenvalue weighted by Gasteiger charge is 2.21. The van der Waals surface area contributed by atoms with Crippen molar-refractivity contribution in [1.29, 1.82) is 0 Å². The summed E-state index contributed by atoms with van der Waals surface area (Å²) < 4.78 is 0. The van der Waals surface area contributed by atoms with Gasteiger partial charge in [-0.25, -0.2) is 0 Å². The third-order valence-corrected chi connectivity index (χ3v) is 3.62. The van der Waals surface area contributed by atoms with Crippen molar-refractivity contribution in [3.05, 3.63) is 30.1 Å². The maximum atomic E-state index is 11.8. The lowest BCUT2D eigenvalue weighted by atomic mass is 9.98. The highest BCUT2D eigenvalue weighted by atomic mass is 32.2. The zero-order valence-electron chi connectivity index (χ0n) is 11.8. The molecule has 0 aliphatic rings. The molecule has 2 N–H and O–H groups in total. The Labute approximate surface area is 123 Å². The van der Waals surface area contributed by atoms with Crippen LogP contribution in [-0.2, 0) is 15.3 Å². The monoisotopic (exact) mass is 296 g/mol. The maximum absolute atomic E-state index is 11.8. The average molecular weight is 296 g/mol. The number of nitrogens with one attached hydrogen (secondary N) is 1. The molecule has 0 aliphatic heterocycles. The quantitative estimate of drug-likeness (QED) is 0.768. The van der Waals surface area contributed by atoms with E-state index in [1.165, 1.54) is 11.8 Å². The first kappa shape index (κ1) is 16.5. The van der Waals surface area contributed by atoms with Crippen LogP contribution in [0.1, 0.15) is 32.4 Å². The molecule has 6 heteroatoms. The number of hydrogen-bond donors (Lipinski definition) is 2. The average Bonchev–Trinajstić information content (AvgIpc) is 2.37. The summed E-state index contributed by atoms with van der Waals surface area (Å²) in [6.45, 7) is 3.66. The fourth-order valence-electron chi connectivity index (χ4n) is 1.63. The number of rotatable bonds is 8. The van der Waals surface area contributed by atoms with Gasteiger partial charge in [0.1, 0.15) is 0 Å². The van der Waals surface area contributed by atoms with Crippen LogP contribution in [0, 0.1) is 0 Å². The molecule has 20 heavy (non-hydrogen) atoms. The van der Waals surface area contributed by atoms with E-state index < -0.39 is 11.5 Å². The van der Waals surface area contributed by atoms with Gasteiger partial charge in [-0.05, 0) is 32.4 Å². The fraction of sp³-hybridized carbons (Fsp3) is 0.500. The van der Waals surface area contributed by atoms with Gasteiger partial charge in [0, 0.05) is 23.9 Å². The first-order chi connectivity index (χ1) is 9.39. The van der Waals surface area contributed by atoms with Crippen LogP contribution in [0.4, 0.5) is 0 Å². The Bertz CT molecular complexity index is 449.